The van der Waals surface area contributed by atoms with E-state index in [1.165, 1.54) is 0 Å². The van der Waals surface area contributed by atoms with E-state index in [9.17, 15) is 9.59 Å². The first kappa shape index (κ1) is 17.4. The lowest BCUT2D eigenvalue weighted by molar-refractivity contribution is 0.0797. The highest BCUT2D eigenvalue weighted by atomic mass is 35.5. The summed E-state index contributed by atoms with van der Waals surface area (Å²) in [7, 11) is 5.15. The van der Waals surface area contributed by atoms with Crippen LogP contribution < -0.4 is 10.6 Å². The SMILES string of the molecule is CNCCN(C)C(=O)c1cccc(C(=O)NC)c1.Cl. The zero-order chi connectivity index (χ0) is 13.5. The van der Waals surface area contributed by atoms with Gasteiger partial charge in [0.15, 0.2) is 0 Å². The molecule has 5 nitrogen and oxygen atoms in total. The minimum atomic E-state index is -0.192. The predicted octanol–water partition coefficient (Wildman–Crippen LogP) is 0.759. The number of benzene rings is 1. The van der Waals surface area contributed by atoms with E-state index in [4.69, 9.17) is 0 Å². The van der Waals surface area contributed by atoms with Gasteiger partial charge in [-0.15, -0.1) is 12.4 Å². The molecule has 0 aliphatic rings. The van der Waals surface area contributed by atoms with E-state index in [1.807, 2.05) is 7.05 Å². The van der Waals surface area contributed by atoms with E-state index in [0.717, 1.165) is 6.54 Å². The summed E-state index contributed by atoms with van der Waals surface area (Å²) in [5, 5.41) is 5.52. The van der Waals surface area contributed by atoms with Crippen molar-refractivity contribution in [3.05, 3.63) is 35.4 Å². The summed E-state index contributed by atoms with van der Waals surface area (Å²) in [4.78, 5) is 25.2. The second kappa shape index (κ2) is 8.50. The third-order valence-electron chi connectivity index (χ3n) is 2.64. The van der Waals surface area contributed by atoms with E-state index in [1.54, 1.807) is 43.3 Å². The van der Waals surface area contributed by atoms with Crippen LogP contribution in [0.5, 0.6) is 0 Å². The van der Waals surface area contributed by atoms with Gasteiger partial charge in [0.25, 0.3) is 11.8 Å². The molecule has 1 aromatic carbocycles. The van der Waals surface area contributed by atoms with Crippen LogP contribution in [0.25, 0.3) is 0 Å². The van der Waals surface area contributed by atoms with Crippen molar-refractivity contribution in [3.63, 3.8) is 0 Å². The molecule has 0 spiro atoms. The van der Waals surface area contributed by atoms with Crippen LogP contribution in [0.3, 0.4) is 0 Å². The van der Waals surface area contributed by atoms with Crippen LogP contribution in [0.4, 0.5) is 0 Å². The Morgan fingerprint density at radius 1 is 1.21 bits per heavy atom. The van der Waals surface area contributed by atoms with Crippen LogP contribution in [0.1, 0.15) is 20.7 Å². The third kappa shape index (κ3) is 4.89. The molecule has 0 heterocycles. The Kier molecular flexibility index (Phi) is 7.79. The molecule has 1 aromatic rings. The van der Waals surface area contributed by atoms with E-state index >= 15 is 0 Å². The van der Waals surface area contributed by atoms with Crippen molar-refractivity contribution in [1.82, 2.24) is 15.5 Å². The second-order valence-corrected chi connectivity index (χ2v) is 3.99. The van der Waals surface area contributed by atoms with Crippen molar-refractivity contribution in [2.24, 2.45) is 0 Å². The van der Waals surface area contributed by atoms with Gasteiger partial charge in [0, 0.05) is 38.3 Å². The lowest BCUT2D eigenvalue weighted by atomic mass is 10.1. The van der Waals surface area contributed by atoms with Crippen LogP contribution in [0, 0.1) is 0 Å². The van der Waals surface area contributed by atoms with Gasteiger partial charge < -0.3 is 15.5 Å². The van der Waals surface area contributed by atoms with Gasteiger partial charge in [0.05, 0.1) is 0 Å². The standard InChI is InChI=1S/C13H19N3O2.ClH/c1-14-7-8-16(3)13(18)11-6-4-5-10(9-11)12(17)15-2;/h4-6,9,14H,7-8H2,1-3H3,(H,15,17);1H. The monoisotopic (exact) mass is 285 g/mol. The van der Waals surface area contributed by atoms with Gasteiger partial charge in [-0.1, -0.05) is 6.07 Å². The van der Waals surface area contributed by atoms with Crippen LogP contribution in [0.2, 0.25) is 0 Å². The molecule has 0 radical (unpaired) electrons. The molecule has 1 rings (SSSR count). The van der Waals surface area contributed by atoms with Crippen molar-refractivity contribution in [3.8, 4) is 0 Å². The van der Waals surface area contributed by atoms with Gasteiger partial charge in [0.2, 0.25) is 0 Å². The number of nitrogens with one attached hydrogen (secondary N) is 2. The molecule has 0 aliphatic carbocycles. The highest BCUT2D eigenvalue weighted by Gasteiger charge is 2.13. The Bertz CT molecular complexity index is 438. The molecule has 2 N–H and O–H groups in total. The maximum absolute atomic E-state index is 12.1. The maximum atomic E-state index is 12.1. The first-order valence-electron chi connectivity index (χ1n) is 5.82. The fourth-order valence-corrected chi connectivity index (χ4v) is 1.54. The predicted molar refractivity (Wildman–Crippen MR) is 78.0 cm³/mol. The van der Waals surface area contributed by atoms with Crippen LogP contribution in [0.15, 0.2) is 24.3 Å². The molecule has 0 atom stereocenters. The van der Waals surface area contributed by atoms with Crippen molar-refractivity contribution in [2.45, 2.75) is 0 Å². The average Bonchev–Trinajstić information content (AvgIpc) is 2.43. The zero-order valence-electron chi connectivity index (χ0n) is 11.4. The zero-order valence-corrected chi connectivity index (χ0v) is 12.2. The third-order valence-corrected chi connectivity index (χ3v) is 2.64. The van der Waals surface area contributed by atoms with E-state index in [-0.39, 0.29) is 24.2 Å². The highest BCUT2D eigenvalue weighted by molar-refractivity contribution is 5.99. The number of carbonyl (C=O) groups excluding carboxylic acids is 2. The number of amides is 2. The van der Waals surface area contributed by atoms with Gasteiger partial charge in [-0.05, 0) is 25.2 Å². The van der Waals surface area contributed by atoms with Gasteiger partial charge >= 0.3 is 0 Å². The average molecular weight is 286 g/mol. The fourth-order valence-electron chi connectivity index (χ4n) is 1.54. The number of likely N-dealkylation sites (N-methyl/N-ethyl adjacent to an activating group) is 2. The molecule has 0 aromatic heterocycles. The molecule has 0 unspecified atom stereocenters. The molecule has 106 valence electrons. The summed E-state index contributed by atoms with van der Waals surface area (Å²) in [6, 6.07) is 6.72. The van der Waals surface area contributed by atoms with Crippen LogP contribution >= 0.6 is 12.4 Å². The summed E-state index contributed by atoms with van der Waals surface area (Å²) in [5.74, 6) is -0.279. The number of nitrogens with zero attached hydrogens (tertiary/aromatic N) is 1. The van der Waals surface area contributed by atoms with Crippen molar-refractivity contribution in [2.75, 3.05) is 34.2 Å². The Morgan fingerprint density at radius 2 is 1.84 bits per heavy atom. The second-order valence-electron chi connectivity index (χ2n) is 3.99. The van der Waals surface area contributed by atoms with Gasteiger partial charge in [0.1, 0.15) is 0 Å². The van der Waals surface area contributed by atoms with Crippen LogP contribution in [-0.4, -0.2) is 50.9 Å². The Hall–Kier alpha value is -1.59. The van der Waals surface area contributed by atoms with Crippen molar-refractivity contribution in [1.29, 1.82) is 0 Å². The normalized spacial score (nSPS) is 9.42. The smallest absolute Gasteiger partial charge is 0.253 e. The lowest BCUT2D eigenvalue weighted by Crippen LogP contribution is -2.33. The maximum Gasteiger partial charge on any atom is 0.253 e. The quantitative estimate of drug-likeness (QED) is 0.840. The largest absolute Gasteiger partial charge is 0.355 e. The summed E-state index contributed by atoms with van der Waals surface area (Å²) < 4.78 is 0. The molecule has 0 aliphatic heterocycles. The summed E-state index contributed by atoms with van der Waals surface area (Å²) in [5.41, 5.74) is 1.01. The Balaban J connectivity index is 0.00000324. The number of halogens is 1. The van der Waals surface area contributed by atoms with Gasteiger partial charge in [-0.25, -0.2) is 0 Å². The molecule has 0 fully saturated rings. The molecule has 0 bridgehead atoms. The highest BCUT2D eigenvalue weighted by Crippen LogP contribution is 2.07. The van der Waals surface area contributed by atoms with Gasteiger partial charge in [-0.3, -0.25) is 9.59 Å². The molecule has 0 saturated carbocycles. The minimum Gasteiger partial charge on any atom is -0.355 e. The van der Waals surface area contributed by atoms with E-state index in [0.29, 0.717) is 17.7 Å². The molecular formula is C13H20ClN3O2. The number of rotatable bonds is 5. The first-order chi connectivity index (χ1) is 8.60. The molecule has 0 saturated heterocycles. The summed E-state index contributed by atoms with van der Waals surface area (Å²) in [6.45, 7) is 1.36. The van der Waals surface area contributed by atoms with Crippen molar-refractivity contribution >= 4 is 24.2 Å². The van der Waals surface area contributed by atoms with Gasteiger partial charge in [-0.2, -0.15) is 0 Å². The minimum absolute atomic E-state index is 0. The molecule has 2 amide bonds. The van der Waals surface area contributed by atoms with E-state index in [2.05, 4.69) is 10.6 Å². The Labute approximate surface area is 119 Å². The number of carbonyl (C=O) groups is 2. The number of hydrogen-bond donors (Lipinski definition) is 2. The topological polar surface area (TPSA) is 61.4 Å². The Morgan fingerprint density at radius 3 is 2.42 bits per heavy atom. The fraction of sp³-hybridized carbons (Fsp3) is 0.385. The van der Waals surface area contributed by atoms with Crippen molar-refractivity contribution < 1.29 is 9.59 Å². The van der Waals surface area contributed by atoms with E-state index < -0.39 is 0 Å². The molecular weight excluding hydrogens is 266 g/mol. The summed E-state index contributed by atoms with van der Waals surface area (Å²) >= 11 is 0. The molecule has 6 heteroatoms. The van der Waals surface area contributed by atoms with Crippen LogP contribution in [-0.2, 0) is 0 Å². The first-order valence-corrected chi connectivity index (χ1v) is 5.82. The molecule has 19 heavy (non-hydrogen) atoms. The summed E-state index contributed by atoms with van der Waals surface area (Å²) in [6.07, 6.45) is 0. The lowest BCUT2D eigenvalue weighted by Gasteiger charge is -2.17. The number of hydrogen-bond acceptors (Lipinski definition) is 3.